The maximum absolute atomic E-state index is 13.2. The summed E-state index contributed by atoms with van der Waals surface area (Å²) >= 11 is 6.98. The van der Waals surface area contributed by atoms with Crippen molar-refractivity contribution in [2.45, 2.75) is 37.1 Å². The van der Waals surface area contributed by atoms with Crippen LogP contribution >= 0.6 is 22.9 Å². The van der Waals surface area contributed by atoms with Gasteiger partial charge >= 0.3 is 0 Å². The van der Waals surface area contributed by atoms with Crippen LogP contribution in [-0.2, 0) is 16.4 Å². The van der Waals surface area contributed by atoms with Crippen molar-refractivity contribution in [1.29, 1.82) is 0 Å². The molecule has 0 unspecified atom stereocenters. The monoisotopic (exact) mass is 476 g/mol. The Kier molecular flexibility index (Phi) is 6.38. The molecule has 1 saturated heterocycles. The summed E-state index contributed by atoms with van der Waals surface area (Å²) in [7, 11) is -3.67. The summed E-state index contributed by atoms with van der Waals surface area (Å²) in [5.74, 6) is -0.395. The van der Waals surface area contributed by atoms with Gasteiger partial charge in [0.05, 0.1) is 10.9 Å². The summed E-state index contributed by atoms with van der Waals surface area (Å²) in [6.07, 6.45) is 2.21. The molecule has 7 nitrogen and oxygen atoms in total. The summed E-state index contributed by atoms with van der Waals surface area (Å²) in [6, 6.07) is 13.3. The Labute approximate surface area is 190 Å². The van der Waals surface area contributed by atoms with E-state index in [0.717, 1.165) is 29.7 Å². The number of carbonyl (C=O) groups is 1. The van der Waals surface area contributed by atoms with Gasteiger partial charge in [-0.25, -0.2) is 8.42 Å². The van der Waals surface area contributed by atoms with Gasteiger partial charge in [0, 0.05) is 17.3 Å². The van der Waals surface area contributed by atoms with E-state index in [9.17, 15) is 13.2 Å². The lowest BCUT2D eigenvalue weighted by Crippen LogP contribution is -2.30. The SMILES string of the molecule is CCc1ccc(S(=O)(=O)N2CCC[C@H]2c2nnc(C(=O)Nc3ccc(Cl)cc3)s2)cc1. The molecule has 3 aromatic rings. The highest BCUT2D eigenvalue weighted by molar-refractivity contribution is 7.89. The van der Waals surface area contributed by atoms with Crippen molar-refractivity contribution in [1.82, 2.24) is 14.5 Å². The molecule has 1 atom stereocenters. The summed E-state index contributed by atoms with van der Waals surface area (Å²) in [4.78, 5) is 12.8. The number of hydrogen-bond acceptors (Lipinski definition) is 6. The van der Waals surface area contributed by atoms with Gasteiger partial charge in [-0.05, 0) is 61.2 Å². The van der Waals surface area contributed by atoms with Gasteiger partial charge in [0.1, 0.15) is 5.01 Å². The zero-order valence-corrected chi connectivity index (χ0v) is 19.2. The number of amides is 1. The van der Waals surface area contributed by atoms with Crippen molar-refractivity contribution >= 4 is 44.6 Å². The van der Waals surface area contributed by atoms with Crippen molar-refractivity contribution in [2.24, 2.45) is 0 Å². The predicted molar refractivity (Wildman–Crippen MR) is 121 cm³/mol. The number of nitrogens with one attached hydrogen (secondary N) is 1. The van der Waals surface area contributed by atoms with Crippen molar-refractivity contribution in [3.8, 4) is 0 Å². The molecular weight excluding hydrogens is 456 g/mol. The highest BCUT2D eigenvalue weighted by Gasteiger charge is 2.38. The summed E-state index contributed by atoms with van der Waals surface area (Å²) < 4.78 is 27.9. The van der Waals surface area contributed by atoms with E-state index in [1.807, 2.05) is 19.1 Å². The zero-order chi connectivity index (χ0) is 22.0. The Morgan fingerprint density at radius 2 is 1.87 bits per heavy atom. The second kappa shape index (κ2) is 9.04. The van der Waals surface area contributed by atoms with Crippen LogP contribution in [0.5, 0.6) is 0 Å². The summed E-state index contributed by atoms with van der Waals surface area (Å²) in [6.45, 7) is 2.44. The zero-order valence-electron chi connectivity index (χ0n) is 16.8. The van der Waals surface area contributed by atoms with E-state index in [1.165, 1.54) is 4.31 Å². The second-order valence-corrected chi connectivity index (χ2v) is 10.5. The van der Waals surface area contributed by atoms with Gasteiger partial charge < -0.3 is 5.32 Å². The molecular formula is C21H21ClN4O3S2. The number of carbonyl (C=O) groups excluding carboxylic acids is 1. The second-order valence-electron chi connectivity index (χ2n) is 7.18. The fourth-order valence-electron chi connectivity index (χ4n) is 3.49. The van der Waals surface area contributed by atoms with Crippen molar-refractivity contribution in [2.75, 3.05) is 11.9 Å². The lowest BCUT2D eigenvalue weighted by Gasteiger charge is -2.22. The van der Waals surface area contributed by atoms with Gasteiger partial charge in [-0.2, -0.15) is 4.31 Å². The Hall–Kier alpha value is -2.33. The molecule has 10 heteroatoms. The van der Waals surface area contributed by atoms with E-state index in [2.05, 4.69) is 15.5 Å². The van der Waals surface area contributed by atoms with Crippen molar-refractivity contribution in [3.05, 3.63) is 69.1 Å². The molecule has 0 radical (unpaired) electrons. The van der Waals surface area contributed by atoms with E-state index in [4.69, 9.17) is 11.6 Å². The molecule has 1 aliphatic heterocycles. The topological polar surface area (TPSA) is 92.3 Å². The largest absolute Gasteiger partial charge is 0.320 e. The molecule has 2 heterocycles. The number of halogens is 1. The predicted octanol–water partition coefficient (Wildman–Crippen LogP) is 4.53. The van der Waals surface area contributed by atoms with Crippen LogP contribution in [0.3, 0.4) is 0 Å². The van der Waals surface area contributed by atoms with Gasteiger partial charge in [0.15, 0.2) is 0 Å². The molecule has 1 N–H and O–H groups in total. The molecule has 1 amide bonds. The lowest BCUT2D eigenvalue weighted by molar-refractivity contribution is 0.102. The highest BCUT2D eigenvalue weighted by Crippen LogP contribution is 2.37. The third-order valence-corrected chi connectivity index (χ3v) is 8.36. The van der Waals surface area contributed by atoms with Gasteiger partial charge in [0.25, 0.3) is 5.91 Å². The van der Waals surface area contributed by atoms with Crippen LogP contribution in [0, 0.1) is 0 Å². The molecule has 0 aliphatic carbocycles. The molecule has 4 rings (SSSR count). The van der Waals surface area contributed by atoms with E-state index in [1.54, 1.807) is 36.4 Å². The van der Waals surface area contributed by atoms with Gasteiger partial charge in [-0.3, -0.25) is 4.79 Å². The quantitative estimate of drug-likeness (QED) is 0.564. The van der Waals surface area contributed by atoms with E-state index in [-0.39, 0.29) is 9.90 Å². The normalized spacial score (nSPS) is 17.0. The minimum absolute atomic E-state index is 0.182. The van der Waals surface area contributed by atoms with Crippen molar-refractivity contribution in [3.63, 3.8) is 0 Å². The summed E-state index contributed by atoms with van der Waals surface area (Å²) in [5, 5.41) is 12.2. The lowest BCUT2D eigenvalue weighted by atomic mass is 10.2. The third kappa shape index (κ3) is 4.64. The highest BCUT2D eigenvalue weighted by atomic mass is 35.5. The van der Waals surface area contributed by atoms with Crippen molar-refractivity contribution < 1.29 is 13.2 Å². The molecule has 162 valence electrons. The number of anilines is 1. The summed E-state index contributed by atoms with van der Waals surface area (Å²) in [5.41, 5.74) is 1.67. The number of hydrogen-bond donors (Lipinski definition) is 1. The first-order valence-electron chi connectivity index (χ1n) is 9.89. The van der Waals surface area contributed by atoms with E-state index in [0.29, 0.717) is 28.7 Å². The molecule has 0 bridgehead atoms. The average Bonchev–Trinajstić information content (AvgIpc) is 3.45. The first kappa shape index (κ1) is 21.9. The molecule has 1 aromatic heterocycles. The molecule has 31 heavy (non-hydrogen) atoms. The van der Waals surface area contributed by atoms with Crippen LogP contribution in [0.4, 0.5) is 5.69 Å². The fraction of sp³-hybridized carbons (Fsp3) is 0.286. The maximum Gasteiger partial charge on any atom is 0.286 e. The third-order valence-electron chi connectivity index (χ3n) is 5.16. The average molecular weight is 477 g/mol. The number of sulfonamides is 1. The molecule has 0 saturated carbocycles. The number of aromatic nitrogens is 2. The minimum Gasteiger partial charge on any atom is -0.320 e. The fourth-order valence-corrected chi connectivity index (χ4v) is 6.23. The Balaban J connectivity index is 1.53. The minimum atomic E-state index is -3.67. The molecule has 0 spiro atoms. The van der Waals surface area contributed by atoms with Gasteiger partial charge in [-0.1, -0.05) is 42.0 Å². The maximum atomic E-state index is 13.2. The van der Waals surface area contributed by atoms with Crippen LogP contribution in [0.1, 0.15) is 46.2 Å². The molecule has 2 aromatic carbocycles. The Bertz CT molecular complexity index is 1180. The Morgan fingerprint density at radius 1 is 1.16 bits per heavy atom. The van der Waals surface area contributed by atoms with E-state index < -0.39 is 22.0 Å². The number of nitrogens with zero attached hydrogens (tertiary/aromatic N) is 3. The first-order chi connectivity index (χ1) is 14.9. The number of rotatable bonds is 6. The molecule has 1 fully saturated rings. The number of benzene rings is 2. The van der Waals surface area contributed by atoms with E-state index >= 15 is 0 Å². The van der Waals surface area contributed by atoms with Gasteiger partial charge in [-0.15, -0.1) is 10.2 Å². The first-order valence-corrected chi connectivity index (χ1v) is 12.5. The smallest absolute Gasteiger partial charge is 0.286 e. The van der Waals surface area contributed by atoms with Crippen LogP contribution in [0.25, 0.3) is 0 Å². The molecule has 1 aliphatic rings. The van der Waals surface area contributed by atoms with Gasteiger partial charge in [0.2, 0.25) is 15.0 Å². The van der Waals surface area contributed by atoms with Crippen LogP contribution in [0.15, 0.2) is 53.4 Å². The Morgan fingerprint density at radius 3 is 2.55 bits per heavy atom. The van der Waals surface area contributed by atoms with Crippen LogP contribution in [-0.4, -0.2) is 35.4 Å². The van der Waals surface area contributed by atoms with Crippen LogP contribution < -0.4 is 5.32 Å². The number of aryl methyl sites for hydroxylation is 1. The standard InChI is InChI=1S/C21H21ClN4O3S2/c1-2-14-5-11-17(12-6-14)31(28,29)26-13-3-4-18(26)20-24-25-21(30-20)19(27)23-16-9-7-15(22)8-10-16/h5-12,18H,2-4,13H2,1H3,(H,23,27)/t18-/m0/s1. The van der Waals surface area contributed by atoms with Crippen LogP contribution in [0.2, 0.25) is 5.02 Å².